The van der Waals surface area contributed by atoms with Gasteiger partial charge in [0, 0.05) is 33.1 Å². The Morgan fingerprint density at radius 3 is 2.58 bits per heavy atom. The maximum absolute atomic E-state index is 11.8. The summed E-state index contributed by atoms with van der Waals surface area (Å²) in [4.78, 5) is 16.4. The SMILES string of the molecule is CC(=O)N1CCN(CC2CC2)C[C@@H]1c1ccccc1. The van der Waals surface area contributed by atoms with Gasteiger partial charge in [0.2, 0.25) is 5.91 Å². The summed E-state index contributed by atoms with van der Waals surface area (Å²) in [6.07, 6.45) is 2.78. The molecule has 0 bridgehead atoms. The van der Waals surface area contributed by atoms with Crippen molar-refractivity contribution in [1.29, 1.82) is 0 Å². The molecule has 19 heavy (non-hydrogen) atoms. The quantitative estimate of drug-likeness (QED) is 0.830. The van der Waals surface area contributed by atoms with Crippen LogP contribution in [0.15, 0.2) is 30.3 Å². The fourth-order valence-corrected chi connectivity index (χ4v) is 3.01. The van der Waals surface area contributed by atoms with Crippen molar-refractivity contribution in [2.24, 2.45) is 5.92 Å². The Balaban J connectivity index is 1.75. The molecule has 0 unspecified atom stereocenters. The van der Waals surface area contributed by atoms with Crippen LogP contribution in [0.3, 0.4) is 0 Å². The number of carbonyl (C=O) groups is 1. The fourth-order valence-electron chi connectivity index (χ4n) is 3.01. The van der Waals surface area contributed by atoms with Crippen molar-refractivity contribution in [3.05, 3.63) is 35.9 Å². The molecule has 102 valence electrons. The van der Waals surface area contributed by atoms with Crippen molar-refractivity contribution in [2.45, 2.75) is 25.8 Å². The zero-order valence-electron chi connectivity index (χ0n) is 11.6. The molecular weight excluding hydrogens is 236 g/mol. The highest BCUT2D eigenvalue weighted by molar-refractivity contribution is 5.74. The van der Waals surface area contributed by atoms with Gasteiger partial charge in [-0.15, -0.1) is 0 Å². The summed E-state index contributed by atoms with van der Waals surface area (Å²) in [5.74, 6) is 1.11. The van der Waals surface area contributed by atoms with Gasteiger partial charge in [0.15, 0.2) is 0 Å². The third kappa shape index (κ3) is 2.98. The largest absolute Gasteiger partial charge is 0.333 e. The molecule has 1 aliphatic carbocycles. The number of rotatable bonds is 3. The smallest absolute Gasteiger partial charge is 0.220 e. The first kappa shape index (κ1) is 12.7. The van der Waals surface area contributed by atoms with E-state index >= 15 is 0 Å². The Hall–Kier alpha value is -1.35. The molecule has 1 aromatic rings. The van der Waals surface area contributed by atoms with Crippen molar-refractivity contribution >= 4 is 5.91 Å². The molecule has 1 atom stereocenters. The molecule has 3 nitrogen and oxygen atoms in total. The van der Waals surface area contributed by atoms with Crippen LogP contribution >= 0.6 is 0 Å². The monoisotopic (exact) mass is 258 g/mol. The van der Waals surface area contributed by atoms with Crippen molar-refractivity contribution in [2.75, 3.05) is 26.2 Å². The lowest BCUT2D eigenvalue weighted by atomic mass is 10.0. The maximum Gasteiger partial charge on any atom is 0.220 e. The van der Waals surface area contributed by atoms with E-state index in [1.165, 1.54) is 24.9 Å². The number of carbonyl (C=O) groups excluding carboxylic acids is 1. The van der Waals surface area contributed by atoms with Gasteiger partial charge < -0.3 is 4.90 Å². The van der Waals surface area contributed by atoms with Gasteiger partial charge in [-0.1, -0.05) is 30.3 Å². The molecular formula is C16H22N2O. The predicted octanol–water partition coefficient (Wildman–Crippen LogP) is 2.30. The van der Waals surface area contributed by atoms with Crippen molar-refractivity contribution in [1.82, 2.24) is 9.80 Å². The number of nitrogens with zero attached hydrogens (tertiary/aromatic N) is 2. The lowest BCUT2D eigenvalue weighted by molar-refractivity contribution is -0.134. The first-order valence-electron chi connectivity index (χ1n) is 7.28. The molecule has 0 N–H and O–H groups in total. The zero-order chi connectivity index (χ0) is 13.2. The van der Waals surface area contributed by atoms with Crippen LogP contribution in [-0.4, -0.2) is 41.9 Å². The van der Waals surface area contributed by atoms with Gasteiger partial charge in [-0.3, -0.25) is 9.69 Å². The number of hydrogen-bond donors (Lipinski definition) is 0. The van der Waals surface area contributed by atoms with E-state index in [0.717, 1.165) is 25.6 Å². The number of amides is 1. The van der Waals surface area contributed by atoms with E-state index in [2.05, 4.69) is 29.2 Å². The number of benzene rings is 1. The Labute approximate surface area is 115 Å². The van der Waals surface area contributed by atoms with E-state index in [-0.39, 0.29) is 11.9 Å². The van der Waals surface area contributed by atoms with E-state index in [0.29, 0.717) is 0 Å². The first-order valence-corrected chi connectivity index (χ1v) is 7.28. The van der Waals surface area contributed by atoms with Crippen LogP contribution in [0, 0.1) is 5.92 Å². The van der Waals surface area contributed by atoms with Crippen LogP contribution in [0.2, 0.25) is 0 Å². The average molecular weight is 258 g/mol. The zero-order valence-corrected chi connectivity index (χ0v) is 11.6. The van der Waals surface area contributed by atoms with Gasteiger partial charge in [0.05, 0.1) is 6.04 Å². The summed E-state index contributed by atoms with van der Waals surface area (Å²) < 4.78 is 0. The summed E-state index contributed by atoms with van der Waals surface area (Å²) in [5.41, 5.74) is 1.26. The average Bonchev–Trinajstić information content (AvgIpc) is 3.23. The molecule has 0 radical (unpaired) electrons. The highest BCUT2D eigenvalue weighted by Gasteiger charge is 2.32. The molecule has 0 aromatic heterocycles. The Bertz CT molecular complexity index is 441. The van der Waals surface area contributed by atoms with Crippen LogP contribution in [0.4, 0.5) is 0 Å². The fraction of sp³-hybridized carbons (Fsp3) is 0.562. The molecule has 2 aliphatic rings. The molecule has 1 aliphatic heterocycles. The molecule has 0 spiro atoms. The van der Waals surface area contributed by atoms with Crippen LogP contribution < -0.4 is 0 Å². The first-order chi connectivity index (χ1) is 9.24. The van der Waals surface area contributed by atoms with Crippen LogP contribution in [0.1, 0.15) is 31.4 Å². The van der Waals surface area contributed by atoms with Gasteiger partial charge in [-0.2, -0.15) is 0 Å². The second-order valence-electron chi connectivity index (χ2n) is 5.84. The Morgan fingerprint density at radius 2 is 1.95 bits per heavy atom. The van der Waals surface area contributed by atoms with Gasteiger partial charge in [-0.25, -0.2) is 0 Å². The van der Waals surface area contributed by atoms with Gasteiger partial charge in [0.25, 0.3) is 0 Å². The standard InChI is InChI=1S/C16H22N2O/c1-13(19)18-10-9-17(11-14-7-8-14)12-16(18)15-5-3-2-4-6-15/h2-6,14,16H,7-12H2,1H3/t16-/m1/s1. The topological polar surface area (TPSA) is 23.6 Å². The van der Waals surface area contributed by atoms with Gasteiger partial charge in [0.1, 0.15) is 0 Å². The van der Waals surface area contributed by atoms with E-state index < -0.39 is 0 Å². The van der Waals surface area contributed by atoms with Gasteiger partial charge >= 0.3 is 0 Å². The van der Waals surface area contributed by atoms with E-state index in [1.54, 1.807) is 6.92 Å². The second kappa shape index (κ2) is 5.33. The van der Waals surface area contributed by atoms with E-state index in [4.69, 9.17) is 0 Å². The van der Waals surface area contributed by atoms with Crippen LogP contribution in [0.25, 0.3) is 0 Å². The highest BCUT2D eigenvalue weighted by Crippen LogP contribution is 2.32. The minimum absolute atomic E-state index is 0.194. The molecule has 1 aromatic carbocycles. The molecule has 1 heterocycles. The second-order valence-corrected chi connectivity index (χ2v) is 5.84. The normalized spacial score (nSPS) is 24.5. The summed E-state index contributed by atoms with van der Waals surface area (Å²) in [6, 6.07) is 10.7. The molecule has 1 amide bonds. The van der Waals surface area contributed by atoms with E-state index in [1.807, 2.05) is 11.0 Å². The summed E-state index contributed by atoms with van der Waals surface area (Å²) in [5, 5.41) is 0. The van der Waals surface area contributed by atoms with Crippen LogP contribution in [-0.2, 0) is 4.79 Å². The molecule has 3 rings (SSSR count). The molecule has 2 fully saturated rings. The number of piperazine rings is 1. The summed E-state index contributed by atoms with van der Waals surface area (Å²) in [7, 11) is 0. The maximum atomic E-state index is 11.8. The van der Waals surface area contributed by atoms with Crippen molar-refractivity contribution in [3.63, 3.8) is 0 Å². The van der Waals surface area contributed by atoms with Crippen molar-refractivity contribution < 1.29 is 4.79 Å². The predicted molar refractivity (Wildman–Crippen MR) is 75.7 cm³/mol. The third-order valence-corrected chi connectivity index (χ3v) is 4.27. The minimum atomic E-state index is 0.194. The third-order valence-electron chi connectivity index (χ3n) is 4.27. The van der Waals surface area contributed by atoms with Crippen molar-refractivity contribution in [3.8, 4) is 0 Å². The molecule has 1 saturated carbocycles. The lowest BCUT2D eigenvalue weighted by Crippen LogP contribution is -2.50. The lowest BCUT2D eigenvalue weighted by Gasteiger charge is -2.41. The highest BCUT2D eigenvalue weighted by atomic mass is 16.2. The number of hydrogen-bond acceptors (Lipinski definition) is 2. The molecule has 3 heteroatoms. The Kier molecular flexibility index (Phi) is 3.56. The van der Waals surface area contributed by atoms with Gasteiger partial charge in [-0.05, 0) is 24.3 Å². The summed E-state index contributed by atoms with van der Waals surface area (Å²) >= 11 is 0. The Morgan fingerprint density at radius 1 is 1.21 bits per heavy atom. The minimum Gasteiger partial charge on any atom is -0.333 e. The summed E-state index contributed by atoms with van der Waals surface area (Å²) in [6.45, 7) is 5.78. The van der Waals surface area contributed by atoms with Crippen LogP contribution in [0.5, 0.6) is 0 Å². The molecule has 1 saturated heterocycles. The van der Waals surface area contributed by atoms with E-state index in [9.17, 15) is 4.79 Å².